The Morgan fingerprint density at radius 3 is 2.47 bits per heavy atom. The lowest BCUT2D eigenvalue weighted by Gasteiger charge is -2.26. The van der Waals surface area contributed by atoms with Gasteiger partial charge in [-0.2, -0.15) is 20.1 Å². The number of hydrazone groups is 1. The minimum absolute atomic E-state index is 0.122. The van der Waals surface area contributed by atoms with Gasteiger partial charge in [0, 0.05) is 29.4 Å². The Morgan fingerprint density at radius 2 is 1.72 bits per heavy atom. The first-order chi connectivity index (χ1) is 15.5. The van der Waals surface area contributed by atoms with E-state index in [-0.39, 0.29) is 22.5 Å². The molecule has 0 spiro atoms. The maximum absolute atomic E-state index is 13.2. The van der Waals surface area contributed by atoms with Gasteiger partial charge in [0.05, 0.1) is 11.2 Å². The molecular weight excluding hydrogens is 456 g/mol. The molecule has 0 atom stereocenters. The number of anilines is 4. The van der Waals surface area contributed by atoms with Gasteiger partial charge in [-0.15, -0.1) is 0 Å². The van der Waals surface area contributed by atoms with E-state index in [4.69, 9.17) is 23.2 Å². The van der Waals surface area contributed by atoms with Crippen molar-refractivity contribution in [3.05, 3.63) is 57.8 Å². The highest BCUT2D eigenvalue weighted by Gasteiger charge is 2.16. The van der Waals surface area contributed by atoms with E-state index in [0.717, 1.165) is 25.9 Å². The third kappa shape index (κ3) is 5.54. The quantitative estimate of drug-likeness (QED) is 0.332. The van der Waals surface area contributed by atoms with E-state index in [1.54, 1.807) is 12.1 Å². The molecule has 1 aromatic heterocycles. The lowest BCUT2D eigenvalue weighted by atomic mass is 10.1. The van der Waals surface area contributed by atoms with Crippen LogP contribution in [0.15, 0.2) is 41.5 Å². The third-order valence-electron chi connectivity index (χ3n) is 4.79. The van der Waals surface area contributed by atoms with Gasteiger partial charge >= 0.3 is 0 Å². The van der Waals surface area contributed by atoms with Crippen molar-refractivity contribution in [3.8, 4) is 5.75 Å². The molecule has 0 amide bonds. The molecule has 1 fully saturated rings. The minimum atomic E-state index is -0.332. The fourth-order valence-corrected chi connectivity index (χ4v) is 3.72. The van der Waals surface area contributed by atoms with Gasteiger partial charge in [-0.05, 0) is 55.7 Å². The van der Waals surface area contributed by atoms with Crippen LogP contribution in [0.3, 0.4) is 0 Å². The Bertz CT molecular complexity index is 1120. The molecule has 2 aromatic carbocycles. The molecule has 166 valence electrons. The number of benzene rings is 2. The normalized spacial score (nSPS) is 14.0. The molecule has 1 saturated heterocycles. The van der Waals surface area contributed by atoms with Crippen molar-refractivity contribution in [3.63, 3.8) is 0 Å². The van der Waals surface area contributed by atoms with Crippen LogP contribution in [0.5, 0.6) is 5.75 Å². The molecule has 11 heteroatoms. The fourth-order valence-electron chi connectivity index (χ4n) is 3.21. The van der Waals surface area contributed by atoms with Crippen molar-refractivity contribution in [2.75, 3.05) is 28.7 Å². The Labute approximate surface area is 194 Å². The summed E-state index contributed by atoms with van der Waals surface area (Å²) in [5, 5.41) is 17.7. The topological polar surface area (TPSA) is 98.6 Å². The maximum Gasteiger partial charge on any atom is 0.250 e. The summed E-state index contributed by atoms with van der Waals surface area (Å²) in [6.45, 7) is 1.69. The van der Waals surface area contributed by atoms with Crippen molar-refractivity contribution in [1.82, 2.24) is 15.0 Å². The zero-order valence-corrected chi connectivity index (χ0v) is 18.4. The van der Waals surface area contributed by atoms with Crippen LogP contribution >= 0.6 is 23.2 Å². The van der Waals surface area contributed by atoms with Crippen molar-refractivity contribution in [2.45, 2.75) is 19.3 Å². The molecule has 3 aromatic rings. The molecule has 1 aliphatic rings. The van der Waals surface area contributed by atoms with Crippen LogP contribution in [0.2, 0.25) is 10.0 Å². The van der Waals surface area contributed by atoms with Crippen molar-refractivity contribution >= 4 is 52.9 Å². The number of phenols is 1. The van der Waals surface area contributed by atoms with E-state index in [1.165, 1.54) is 36.9 Å². The maximum atomic E-state index is 13.2. The molecule has 0 aliphatic carbocycles. The Balaban J connectivity index is 1.59. The Hall–Kier alpha value is -3.17. The van der Waals surface area contributed by atoms with Crippen LogP contribution in [-0.4, -0.2) is 39.4 Å². The number of hydrogen-bond acceptors (Lipinski definition) is 8. The minimum Gasteiger partial charge on any atom is -0.506 e. The van der Waals surface area contributed by atoms with Gasteiger partial charge in [0.1, 0.15) is 11.6 Å². The van der Waals surface area contributed by atoms with Crippen molar-refractivity contribution < 1.29 is 9.50 Å². The summed E-state index contributed by atoms with van der Waals surface area (Å²) in [7, 11) is 0. The van der Waals surface area contributed by atoms with E-state index in [0.29, 0.717) is 28.2 Å². The van der Waals surface area contributed by atoms with Gasteiger partial charge < -0.3 is 15.3 Å². The zero-order chi connectivity index (χ0) is 22.5. The molecule has 0 saturated carbocycles. The van der Waals surface area contributed by atoms with Crippen LogP contribution in [0, 0.1) is 5.82 Å². The molecule has 0 bridgehead atoms. The van der Waals surface area contributed by atoms with E-state index in [2.05, 4.69) is 35.7 Å². The lowest BCUT2D eigenvalue weighted by Crippen LogP contribution is -2.31. The van der Waals surface area contributed by atoms with Crippen LogP contribution in [0.1, 0.15) is 24.8 Å². The Morgan fingerprint density at radius 1 is 1.00 bits per heavy atom. The molecule has 2 heterocycles. The average molecular weight is 476 g/mol. The summed E-state index contributed by atoms with van der Waals surface area (Å²) in [4.78, 5) is 15.4. The van der Waals surface area contributed by atoms with E-state index in [9.17, 15) is 9.50 Å². The smallest absolute Gasteiger partial charge is 0.250 e. The highest BCUT2D eigenvalue weighted by atomic mass is 35.5. The van der Waals surface area contributed by atoms with Crippen LogP contribution in [0.4, 0.5) is 27.9 Å². The summed E-state index contributed by atoms with van der Waals surface area (Å²) >= 11 is 11.9. The monoisotopic (exact) mass is 475 g/mol. The summed E-state index contributed by atoms with van der Waals surface area (Å²) in [5.74, 6) is 0.537. The van der Waals surface area contributed by atoms with Gasteiger partial charge in [0.15, 0.2) is 0 Å². The van der Waals surface area contributed by atoms with E-state index >= 15 is 0 Å². The largest absolute Gasteiger partial charge is 0.506 e. The predicted octanol–water partition coefficient (Wildman–Crippen LogP) is 5.20. The molecule has 0 unspecified atom stereocenters. The standard InChI is InChI=1S/C21H20Cl2FN7O/c22-14-10-13(18(32)17(23)11-14)12-25-30-20-27-19(26-16-6-4-15(24)5-7-16)28-21(29-20)31-8-2-1-3-9-31/h4-7,10-12,32H,1-3,8-9H2,(H2,26,27,28,29,30)/b25-12+. The van der Waals surface area contributed by atoms with Crippen molar-refractivity contribution in [1.29, 1.82) is 0 Å². The SMILES string of the molecule is Oc1c(Cl)cc(Cl)cc1/C=N/Nc1nc(Nc2ccc(F)cc2)nc(N2CCCCC2)n1. The first-order valence-corrected chi connectivity index (χ1v) is 10.7. The van der Waals surface area contributed by atoms with Gasteiger partial charge in [-0.25, -0.2) is 9.82 Å². The molecule has 8 nitrogen and oxygen atoms in total. The van der Waals surface area contributed by atoms with Crippen LogP contribution in [-0.2, 0) is 0 Å². The number of aromatic hydroxyl groups is 1. The van der Waals surface area contributed by atoms with E-state index < -0.39 is 0 Å². The number of nitrogens with zero attached hydrogens (tertiary/aromatic N) is 5. The van der Waals surface area contributed by atoms with Crippen LogP contribution in [0.25, 0.3) is 0 Å². The molecular formula is C21H20Cl2FN7O. The summed E-state index contributed by atoms with van der Waals surface area (Å²) in [6.07, 6.45) is 4.65. The van der Waals surface area contributed by atoms with Gasteiger partial charge in [-0.3, -0.25) is 0 Å². The summed E-state index contributed by atoms with van der Waals surface area (Å²) in [5.41, 5.74) is 3.73. The number of nitrogens with one attached hydrogen (secondary N) is 2. The second-order valence-electron chi connectivity index (χ2n) is 7.16. The molecule has 1 aliphatic heterocycles. The molecule has 4 rings (SSSR count). The summed E-state index contributed by atoms with van der Waals surface area (Å²) < 4.78 is 13.2. The van der Waals surface area contributed by atoms with Gasteiger partial charge in [-0.1, -0.05) is 23.2 Å². The number of halogens is 3. The average Bonchev–Trinajstić information content (AvgIpc) is 2.79. The van der Waals surface area contributed by atoms with Gasteiger partial charge in [0.25, 0.3) is 0 Å². The van der Waals surface area contributed by atoms with Crippen molar-refractivity contribution in [2.24, 2.45) is 5.10 Å². The second kappa shape index (κ2) is 9.97. The Kier molecular flexibility index (Phi) is 6.87. The number of aromatic nitrogens is 3. The number of piperidine rings is 1. The van der Waals surface area contributed by atoms with E-state index in [1.807, 2.05) is 0 Å². The summed E-state index contributed by atoms with van der Waals surface area (Å²) in [6, 6.07) is 8.85. The van der Waals surface area contributed by atoms with Gasteiger partial charge in [0.2, 0.25) is 17.8 Å². The first kappa shape index (κ1) is 22.0. The number of hydrogen-bond donors (Lipinski definition) is 3. The fraction of sp³-hybridized carbons (Fsp3) is 0.238. The number of rotatable bonds is 6. The number of phenolic OH excluding ortho intramolecular Hbond substituents is 1. The lowest BCUT2D eigenvalue weighted by molar-refractivity contribution is 0.475. The zero-order valence-electron chi connectivity index (χ0n) is 16.9. The molecule has 32 heavy (non-hydrogen) atoms. The second-order valence-corrected chi connectivity index (χ2v) is 8.00. The first-order valence-electron chi connectivity index (χ1n) is 9.98. The predicted molar refractivity (Wildman–Crippen MR) is 125 cm³/mol. The third-order valence-corrected chi connectivity index (χ3v) is 5.30. The highest BCUT2D eigenvalue weighted by Crippen LogP contribution is 2.30. The highest BCUT2D eigenvalue weighted by molar-refractivity contribution is 6.36. The molecule has 0 radical (unpaired) electrons. The van der Waals surface area contributed by atoms with Crippen LogP contribution < -0.4 is 15.6 Å². The molecule has 3 N–H and O–H groups in total.